The van der Waals surface area contributed by atoms with Crippen LogP contribution in [0.3, 0.4) is 0 Å². The maximum Gasteiger partial charge on any atom is 0.337 e. The highest BCUT2D eigenvalue weighted by Crippen LogP contribution is 2.36. The molecule has 4 rings (SSSR count). The molecule has 7 heteroatoms. The van der Waals surface area contributed by atoms with E-state index in [0.717, 1.165) is 35.5 Å². The molecule has 0 saturated carbocycles. The standard InChI is InChI=1S/C22H23N3O3S/c1-14-9-10-15(22(27)28-2)12-17(14)23-20(26)13-25-11-5-7-18(25)21-24-16-6-3-4-8-19(16)29-21/h3-4,6,8-10,12,18H,5,7,11,13H2,1-2H3,(H,23,26)/t18-/m1/s1. The smallest absolute Gasteiger partial charge is 0.337 e. The van der Waals surface area contributed by atoms with E-state index in [1.54, 1.807) is 23.5 Å². The first-order chi connectivity index (χ1) is 14.0. The van der Waals surface area contributed by atoms with Crippen LogP contribution in [0.2, 0.25) is 0 Å². The van der Waals surface area contributed by atoms with E-state index in [-0.39, 0.29) is 11.9 Å². The molecule has 1 N–H and O–H groups in total. The summed E-state index contributed by atoms with van der Waals surface area (Å²) < 4.78 is 5.94. The number of amides is 1. The minimum atomic E-state index is -0.420. The minimum Gasteiger partial charge on any atom is -0.465 e. The van der Waals surface area contributed by atoms with E-state index in [9.17, 15) is 9.59 Å². The number of hydrogen-bond acceptors (Lipinski definition) is 6. The summed E-state index contributed by atoms with van der Waals surface area (Å²) in [6, 6.07) is 13.5. The number of likely N-dealkylation sites (tertiary alicyclic amines) is 1. The highest BCUT2D eigenvalue weighted by Gasteiger charge is 2.30. The molecule has 3 aromatic rings. The van der Waals surface area contributed by atoms with Crippen LogP contribution in [0.1, 0.15) is 39.8 Å². The SMILES string of the molecule is COC(=O)c1ccc(C)c(NC(=O)CN2CCC[C@@H]2c2nc3ccccc3s2)c1. The fourth-order valence-corrected chi connectivity index (χ4v) is 4.84. The third-order valence-electron chi connectivity index (χ3n) is 5.24. The summed E-state index contributed by atoms with van der Waals surface area (Å²) in [7, 11) is 1.34. The summed E-state index contributed by atoms with van der Waals surface area (Å²) >= 11 is 1.70. The van der Waals surface area contributed by atoms with Crippen LogP contribution in [-0.4, -0.2) is 42.0 Å². The van der Waals surface area contributed by atoms with Crippen molar-refractivity contribution in [3.8, 4) is 0 Å². The molecule has 150 valence electrons. The van der Waals surface area contributed by atoms with E-state index >= 15 is 0 Å². The molecule has 1 atom stereocenters. The Hall–Kier alpha value is -2.77. The highest BCUT2D eigenvalue weighted by atomic mass is 32.1. The van der Waals surface area contributed by atoms with Crippen molar-refractivity contribution in [1.29, 1.82) is 0 Å². The average Bonchev–Trinajstić information content (AvgIpc) is 3.35. The third kappa shape index (κ3) is 4.16. The van der Waals surface area contributed by atoms with Crippen LogP contribution in [0.5, 0.6) is 0 Å². The van der Waals surface area contributed by atoms with Crippen LogP contribution in [0.15, 0.2) is 42.5 Å². The Balaban J connectivity index is 1.47. The number of esters is 1. The topological polar surface area (TPSA) is 71.5 Å². The summed E-state index contributed by atoms with van der Waals surface area (Å²) in [4.78, 5) is 31.5. The molecule has 0 spiro atoms. The van der Waals surface area contributed by atoms with Crippen LogP contribution in [0.4, 0.5) is 5.69 Å². The lowest BCUT2D eigenvalue weighted by atomic mass is 10.1. The summed E-state index contributed by atoms with van der Waals surface area (Å²) in [5.41, 5.74) is 2.96. The van der Waals surface area contributed by atoms with E-state index in [1.165, 1.54) is 11.8 Å². The lowest BCUT2D eigenvalue weighted by Gasteiger charge is -2.22. The molecule has 1 aromatic heterocycles. The predicted molar refractivity (Wildman–Crippen MR) is 114 cm³/mol. The highest BCUT2D eigenvalue weighted by molar-refractivity contribution is 7.18. The van der Waals surface area contributed by atoms with Crippen LogP contribution in [-0.2, 0) is 9.53 Å². The number of hydrogen-bond donors (Lipinski definition) is 1. The molecule has 0 bridgehead atoms. The molecule has 6 nitrogen and oxygen atoms in total. The number of anilines is 1. The van der Waals surface area contributed by atoms with Gasteiger partial charge in [0.15, 0.2) is 0 Å². The molecule has 29 heavy (non-hydrogen) atoms. The van der Waals surface area contributed by atoms with Crippen molar-refractivity contribution in [2.75, 3.05) is 25.5 Å². The van der Waals surface area contributed by atoms with Crippen LogP contribution < -0.4 is 5.32 Å². The molecular weight excluding hydrogens is 386 g/mol. The average molecular weight is 410 g/mol. The van der Waals surface area contributed by atoms with Gasteiger partial charge in [-0.15, -0.1) is 11.3 Å². The van der Waals surface area contributed by atoms with E-state index in [0.29, 0.717) is 17.8 Å². The number of methoxy groups -OCH3 is 1. The Kier molecular flexibility index (Phi) is 5.60. The van der Waals surface area contributed by atoms with E-state index in [2.05, 4.69) is 16.3 Å². The van der Waals surface area contributed by atoms with Gasteiger partial charge >= 0.3 is 5.97 Å². The van der Waals surface area contributed by atoms with Crippen molar-refractivity contribution in [3.05, 3.63) is 58.6 Å². The van der Waals surface area contributed by atoms with Crippen LogP contribution in [0, 0.1) is 6.92 Å². The summed E-state index contributed by atoms with van der Waals surface area (Å²) in [6.45, 7) is 3.06. The molecule has 2 aromatic carbocycles. The Morgan fingerprint density at radius 3 is 2.90 bits per heavy atom. The number of benzene rings is 2. The molecule has 0 unspecified atom stereocenters. The van der Waals surface area contributed by atoms with Gasteiger partial charge in [-0.05, 0) is 56.1 Å². The maximum absolute atomic E-state index is 12.7. The number of carbonyl (C=O) groups excluding carboxylic acids is 2. The van der Waals surface area contributed by atoms with Crippen molar-refractivity contribution in [1.82, 2.24) is 9.88 Å². The largest absolute Gasteiger partial charge is 0.465 e. The van der Waals surface area contributed by atoms with Crippen LogP contribution >= 0.6 is 11.3 Å². The molecule has 1 saturated heterocycles. The Bertz CT molecular complexity index is 1030. The molecule has 1 aliphatic heterocycles. The van der Waals surface area contributed by atoms with Gasteiger partial charge in [0.1, 0.15) is 5.01 Å². The van der Waals surface area contributed by atoms with Gasteiger partial charge < -0.3 is 10.1 Å². The van der Waals surface area contributed by atoms with Gasteiger partial charge in [0.25, 0.3) is 0 Å². The van der Waals surface area contributed by atoms with Gasteiger partial charge in [-0.25, -0.2) is 9.78 Å². The minimum absolute atomic E-state index is 0.0943. The number of thiazole rings is 1. The predicted octanol–water partition coefficient (Wildman–Crippen LogP) is 4.17. The number of para-hydroxylation sites is 1. The van der Waals surface area contributed by atoms with Crippen molar-refractivity contribution >= 4 is 39.1 Å². The Labute approximate surface area is 173 Å². The van der Waals surface area contributed by atoms with Crippen LogP contribution in [0.25, 0.3) is 10.2 Å². The second-order valence-electron chi connectivity index (χ2n) is 7.22. The number of ether oxygens (including phenoxy) is 1. The fourth-order valence-electron chi connectivity index (χ4n) is 3.70. The van der Waals surface area contributed by atoms with Crippen molar-refractivity contribution < 1.29 is 14.3 Å². The Morgan fingerprint density at radius 2 is 2.10 bits per heavy atom. The lowest BCUT2D eigenvalue weighted by molar-refractivity contribution is -0.117. The first-order valence-corrected chi connectivity index (χ1v) is 10.4. The number of aryl methyl sites for hydroxylation is 1. The van der Waals surface area contributed by atoms with Gasteiger partial charge in [-0.3, -0.25) is 9.69 Å². The lowest BCUT2D eigenvalue weighted by Crippen LogP contribution is -2.33. The van der Waals surface area contributed by atoms with E-state index in [1.807, 2.05) is 31.2 Å². The Morgan fingerprint density at radius 1 is 1.28 bits per heavy atom. The fraction of sp³-hybridized carbons (Fsp3) is 0.318. The molecule has 1 amide bonds. The maximum atomic E-state index is 12.7. The van der Waals surface area contributed by atoms with Gasteiger partial charge in [-0.2, -0.15) is 0 Å². The summed E-state index contributed by atoms with van der Waals surface area (Å²) in [5, 5.41) is 4.02. The molecule has 1 fully saturated rings. The first kappa shape index (κ1) is 19.5. The van der Waals surface area contributed by atoms with Gasteiger partial charge in [0.05, 0.1) is 35.5 Å². The summed E-state index contributed by atoms with van der Waals surface area (Å²) in [5.74, 6) is -0.515. The second kappa shape index (κ2) is 8.31. The molecule has 1 aliphatic rings. The molecule has 2 heterocycles. The number of nitrogens with zero attached hydrogens (tertiary/aromatic N) is 2. The molecule has 0 radical (unpaired) electrons. The van der Waals surface area contributed by atoms with Gasteiger partial charge in [0.2, 0.25) is 5.91 Å². The van der Waals surface area contributed by atoms with Gasteiger partial charge in [-0.1, -0.05) is 18.2 Å². The quantitative estimate of drug-likeness (QED) is 0.641. The number of carbonyl (C=O) groups is 2. The zero-order chi connectivity index (χ0) is 20.4. The number of fused-ring (bicyclic) bond motifs is 1. The number of rotatable bonds is 5. The molecular formula is C22H23N3O3S. The second-order valence-corrected chi connectivity index (χ2v) is 8.28. The zero-order valence-electron chi connectivity index (χ0n) is 16.5. The normalized spacial score (nSPS) is 16.8. The van der Waals surface area contributed by atoms with Crippen molar-refractivity contribution in [2.45, 2.75) is 25.8 Å². The molecule has 0 aliphatic carbocycles. The first-order valence-electron chi connectivity index (χ1n) is 9.63. The van der Waals surface area contributed by atoms with E-state index in [4.69, 9.17) is 9.72 Å². The third-order valence-corrected chi connectivity index (χ3v) is 6.38. The van der Waals surface area contributed by atoms with Crippen molar-refractivity contribution in [2.24, 2.45) is 0 Å². The summed E-state index contributed by atoms with van der Waals surface area (Å²) in [6.07, 6.45) is 2.05. The zero-order valence-corrected chi connectivity index (χ0v) is 17.3. The monoisotopic (exact) mass is 409 g/mol. The number of aromatic nitrogens is 1. The van der Waals surface area contributed by atoms with E-state index < -0.39 is 5.97 Å². The van der Waals surface area contributed by atoms with Gasteiger partial charge in [0, 0.05) is 5.69 Å². The number of nitrogens with one attached hydrogen (secondary N) is 1. The van der Waals surface area contributed by atoms with Crippen molar-refractivity contribution in [3.63, 3.8) is 0 Å².